The summed E-state index contributed by atoms with van der Waals surface area (Å²) in [5.74, 6) is -0.222. The summed E-state index contributed by atoms with van der Waals surface area (Å²) in [6.45, 7) is 0. The Morgan fingerprint density at radius 1 is 1.30 bits per heavy atom. The molecule has 2 rings (SSSR count). The third-order valence-corrected chi connectivity index (χ3v) is 4.14. The molecule has 0 unspecified atom stereocenters. The largest absolute Gasteiger partial charge is 0.279 e. The molecular formula is C14H13BrN2O2S. The molecule has 2 aromatic rings. The average Bonchev–Trinajstić information content (AvgIpc) is 2.48. The quantitative estimate of drug-likeness (QED) is 0.788. The monoisotopic (exact) mass is 352 g/mol. The summed E-state index contributed by atoms with van der Waals surface area (Å²) in [6, 6.07) is 11.3. The van der Waals surface area contributed by atoms with Crippen LogP contribution in [-0.4, -0.2) is 30.1 Å². The standard InChI is InChI=1S/C14H13BrN2O2S/c1-17(19-2)14(18)12-4-3-9-16-13(12)20-11-7-5-10(15)6-8-11/h3-9H,1-2H3. The molecule has 20 heavy (non-hydrogen) atoms. The van der Waals surface area contributed by atoms with Crippen molar-refractivity contribution in [2.45, 2.75) is 9.92 Å². The number of halogens is 1. The summed E-state index contributed by atoms with van der Waals surface area (Å²) in [5, 5.41) is 1.84. The van der Waals surface area contributed by atoms with Gasteiger partial charge in [-0.3, -0.25) is 9.63 Å². The second-order valence-electron chi connectivity index (χ2n) is 3.90. The summed E-state index contributed by atoms with van der Waals surface area (Å²) in [5.41, 5.74) is 0.518. The van der Waals surface area contributed by atoms with Gasteiger partial charge in [-0.1, -0.05) is 27.7 Å². The molecule has 0 fully saturated rings. The van der Waals surface area contributed by atoms with Crippen LogP contribution in [0.2, 0.25) is 0 Å². The third-order valence-electron chi connectivity index (χ3n) is 2.59. The van der Waals surface area contributed by atoms with Crippen LogP contribution in [0.15, 0.2) is 57.0 Å². The fraction of sp³-hybridized carbons (Fsp3) is 0.143. The van der Waals surface area contributed by atoms with Crippen molar-refractivity contribution in [2.75, 3.05) is 14.2 Å². The van der Waals surface area contributed by atoms with E-state index in [0.717, 1.165) is 9.37 Å². The zero-order valence-corrected chi connectivity index (χ0v) is 13.4. The zero-order chi connectivity index (χ0) is 14.5. The van der Waals surface area contributed by atoms with E-state index in [2.05, 4.69) is 20.9 Å². The maximum Gasteiger partial charge on any atom is 0.279 e. The van der Waals surface area contributed by atoms with E-state index >= 15 is 0 Å². The first-order valence-corrected chi connectivity index (χ1v) is 7.43. The maximum absolute atomic E-state index is 12.2. The van der Waals surface area contributed by atoms with Gasteiger partial charge in [-0.25, -0.2) is 10.0 Å². The molecule has 0 bridgehead atoms. The van der Waals surface area contributed by atoms with Gasteiger partial charge < -0.3 is 0 Å². The van der Waals surface area contributed by atoms with Crippen LogP contribution >= 0.6 is 27.7 Å². The van der Waals surface area contributed by atoms with Crippen molar-refractivity contribution in [3.05, 3.63) is 52.6 Å². The van der Waals surface area contributed by atoms with E-state index < -0.39 is 0 Å². The highest BCUT2D eigenvalue weighted by molar-refractivity contribution is 9.10. The van der Waals surface area contributed by atoms with E-state index in [1.165, 1.54) is 23.9 Å². The molecule has 0 aliphatic rings. The van der Waals surface area contributed by atoms with E-state index in [1.54, 1.807) is 25.4 Å². The Balaban J connectivity index is 2.28. The number of amides is 1. The molecule has 0 atom stereocenters. The number of nitrogens with zero attached hydrogens (tertiary/aromatic N) is 2. The lowest BCUT2D eigenvalue weighted by molar-refractivity contribution is -0.0759. The third kappa shape index (κ3) is 3.59. The van der Waals surface area contributed by atoms with E-state index in [9.17, 15) is 4.79 Å². The smallest absolute Gasteiger partial charge is 0.274 e. The molecule has 0 aliphatic carbocycles. The number of hydrogen-bond acceptors (Lipinski definition) is 4. The number of hydroxylamine groups is 2. The zero-order valence-electron chi connectivity index (χ0n) is 11.0. The molecule has 0 radical (unpaired) electrons. The van der Waals surface area contributed by atoms with Gasteiger partial charge in [0, 0.05) is 22.6 Å². The molecule has 0 aliphatic heterocycles. The van der Waals surface area contributed by atoms with Gasteiger partial charge in [0.1, 0.15) is 5.03 Å². The van der Waals surface area contributed by atoms with Crippen molar-refractivity contribution >= 4 is 33.6 Å². The van der Waals surface area contributed by atoms with Crippen LogP contribution in [0.3, 0.4) is 0 Å². The highest BCUT2D eigenvalue weighted by Gasteiger charge is 2.17. The van der Waals surface area contributed by atoms with Crippen molar-refractivity contribution < 1.29 is 9.63 Å². The van der Waals surface area contributed by atoms with Gasteiger partial charge in [0.25, 0.3) is 5.91 Å². The lowest BCUT2D eigenvalue weighted by atomic mass is 10.3. The first-order chi connectivity index (χ1) is 9.61. The predicted molar refractivity (Wildman–Crippen MR) is 81.6 cm³/mol. The number of carbonyl (C=O) groups excluding carboxylic acids is 1. The first kappa shape index (κ1) is 15.0. The first-order valence-electron chi connectivity index (χ1n) is 5.82. The maximum atomic E-state index is 12.2. The highest BCUT2D eigenvalue weighted by atomic mass is 79.9. The molecule has 0 N–H and O–H groups in total. The Morgan fingerprint density at radius 3 is 2.65 bits per heavy atom. The Bertz CT molecular complexity index is 604. The second kappa shape index (κ2) is 6.88. The number of aromatic nitrogens is 1. The SMILES string of the molecule is CON(C)C(=O)c1cccnc1Sc1ccc(Br)cc1. The van der Waals surface area contributed by atoms with Gasteiger partial charge in [-0.15, -0.1) is 0 Å². The minimum Gasteiger partial charge on any atom is -0.274 e. The summed E-state index contributed by atoms with van der Waals surface area (Å²) in [6.07, 6.45) is 1.67. The Labute approximate surface area is 130 Å². The van der Waals surface area contributed by atoms with Gasteiger partial charge in [0.2, 0.25) is 0 Å². The minimum atomic E-state index is -0.222. The Hall–Kier alpha value is -1.37. The van der Waals surface area contributed by atoms with Crippen molar-refractivity contribution in [3.8, 4) is 0 Å². The van der Waals surface area contributed by atoms with Crippen LogP contribution in [0.5, 0.6) is 0 Å². The van der Waals surface area contributed by atoms with Crippen LogP contribution in [0.25, 0.3) is 0 Å². The lowest BCUT2D eigenvalue weighted by Crippen LogP contribution is -2.26. The Kier molecular flexibility index (Phi) is 5.17. The summed E-state index contributed by atoms with van der Waals surface area (Å²) >= 11 is 4.84. The second-order valence-corrected chi connectivity index (χ2v) is 5.88. The molecule has 1 amide bonds. The van der Waals surface area contributed by atoms with E-state index in [0.29, 0.717) is 10.6 Å². The normalized spacial score (nSPS) is 10.3. The highest BCUT2D eigenvalue weighted by Crippen LogP contribution is 2.30. The molecule has 0 spiro atoms. The van der Waals surface area contributed by atoms with Crippen LogP contribution in [0, 0.1) is 0 Å². The predicted octanol–water partition coefficient (Wildman–Crippen LogP) is 3.63. The fourth-order valence-corrected chi connectivity index (χ4v) is 2.64. The Morgan fingerprint density at radius 2 is 2.00 bits per heavy atom. The van der Waals surface area contributed by atoms with Crippen molar-refractivity contribution in [3.63, 3.8) is 0 Å². The topological polar surface area (TPSA) is 42.4 Å². The lowest BCUT2D eigenvalue weighted by Gasteiger charge is -2.15. The number of benzene rings is 1. The van der Waals surface area contributed by atoms with E-state index in [1.807, 2.05) is 24.3 Å². The van der Waals surface area contributed by atoms with Crippen molar-refractivity contribution in [2.24, 2.45) is 0 Å². The number of rotatable bonds is 4. The van der Waals surface area contributed by atoms with Crippen LogP contribution < -0.4 is 0 Å². The number of hydrogen-bond donors (Lipinski definition) is 0. The number of pyridine rings is 1. The van der Waals surface area contributed by atoms with E-state index in [4.69, 9.17) is 4.84 Å². The van der Waals surface area contributed by atoms with Crippen LogP contribution in [0.4, 0.5) is 0 Å². The van der Waals surface area contributed by atoms with Crippen molar-refractivity contribution in [1.82, 2.24) is 10.0 Å². The van der Waals surface area contributed by atoms with Crippen LogP contribution in [0.1, 0.15) is 10.4 Å². The molecule has 1 aromatic heterocycles. The molecule has 104 valence electrons. The van der Waals surface area contributed by atoms with Crippen LogP contribution in [-0.2, 0) is 4.84 Å². The molecule has 1 aromatic carbocycles. The summed E-state index contributed by atoms with van der Waals surface area (Å²) in [7, 11) is 3.03. The van der Waals surface area contributed by atoms with Gasteiger partial charge in [0.15, 0.2) is 0 Å². The molecule has 4 nitrogen and oxygen atoms in total. The average molecular weight is 353 g/mol. The molecule has 0 saturated carbocycles. The minimum absolute atomic E-state index is 0.222. The molecular weight excluding hydrogens is 340 g/mol. The van der Waals surface area contributed by atoms with Gasteiger partial charge in [0.05, 0.1) is 12.7 Å². The summed E-state index contributed by atoms with van der Waals surface area (Å²) < 4.78 is 1.01. The summed E-state index contributed by atoms with van der Waals surface area (Å²) in [4.78, 5) is 22.4. The molecule has 6 heteroatoms. The van der Waals surface area contributed by atoms with Gasteiger partial charge >= 0.3 is 0 Å². The molecule has 0 saturated heterocycles. The van der Waals surface area contributed by atoms with Gasteiger partial charge in [-0.05, 0) is 36.4 Å². The molecule has 1 heterocycles. The number of carbonyl (C=O) groups is 1. The van der Waals surface area contributed by atoms with Crippen molar-refractivity contribution in [1.29, 1.82) is 0 Å². The van der Waals surface area contributed by atoms with Gasteiger partial charge in [-0.2, -0.15) is 0 Å². The fourth-order valence-electron chi connectivity index (χ4n) is 1.50. The van der Waals surface area contributed by atoms with E-state index in [-0.39, 0.29) is 5.91 Å².